The van der Waals surface area contributed by atoms with Crippen molar-refractivity contribution in [1.29, 1.82) is 0 Å². The number of hydrogen-bond acceptors (Lipinski definition) is 5. The van der Waals surface area contributed by atoms with Crippen molar-refractivity contribution >= 4 is 46.6 Å². The van der Waals surface area contributed by atoms with Crippen molar-refractivity contribution in [3.05, 3.63) is 100 Å². The standard InChI is InChI=1S/C33H34ClN3O5/c1-21-17-26(12-13-27(21)34)36-33(42)24(11-15-31(35)40)19-30(39)28-18-23-9-5-6-10-25(23)20-37(28)32(41)16-14-29(38)22-7-3-2-4-8-22/h2-10,12-13,17,24,28H,11,14-16,18-20H2,1H3,(H2,35,40)(H,36,42)/t24-,28+/m1/s1. The molecule has 9 heteroatoms. The fourth-order valence-electron chi connectivity index (χ4n) is 5.19. The van der Waals surface area contributed by atoms with Gasteiger partial charge in [0.25, 0.3) is 0 Å². The molecule has 1 heterocycles. The maximum atomic E-state index is 13.8. The molecule has 0 radical (unpaired) electrons. The second-order valence-electron chi connectivity index (χ2n) is 10.6. The summed E-state index contributed by atoms with van der Waals surface area (Å²) in [6.45, 7) is 2.04. The molecule has 3 aromatic carbocycles. The van der Waals surface area contributed by atoms with Crippen LogP contribution >= 0.6 is 11.6 Å². The number of benzene rings is 3. The Morgan fingerprint density at radius 2 is 1.62 bits per heavy atom. The lowest BCUT2D eigenvalue weighted by atomic mass is 9.86. The highest BCUT2D eigenvalue weighted by Crippen LogP contribution is 2.28. The third-order valence-corrected chi connectivity index (χ3v) is 8.01. The Kier molecular flexibility index (Phi) is 10.3. The first-order chi connectivity index (χ1) is 20.1. The molecule has 0 saturated heterocycles. The van der Waals surface area contributed by atoms with Gasteiger partial charge in [-0.2, -0.15) is 0 Å². The Balaban J connectivity index is 1.51. The van der Waals surface area contributed by atoms with E-state index in [0.717, 1.165) is 16.7 Å². The molecule has 3 aromatic rings. The molecule has 0 unspecified atom stereocenters. The summed E-state index contributed by atoms with van der Waals surface area (Å²) < 4.78 is 0. The smallest absolute Gasteiger partial charge is 0.227 e. The van der Waals surface area contributed by atoms with Crippen LogP contribution in [-0.4, -0.2) is 40.2 Å². The minimum atomic E-state index is -0.838. The number of amides is 3. The molecule has 0 aliphatic carbocycles. The summed E-state index contributed by atoms with van der Waals surface area (Å²) in [7, 11) is 0. The number of aryl methyl sites for hydroxylation is 1. The van der Waals surface area contributed by atoms with Crippen LogP contribution in [0.1, 0.15) is 59.2 Å². The minimum Gasteiger partial charge on any atom is -0.370 e. The van der Waals surface area contributed by atoms with E-state index in [0.29, 0.717) is 22.7 Å². The number of ketones is 2. The van der Waals surface area contributed by atoms with Crippen LogP contribution < -0.4 is 11.1 Å². The predicted octanol–water partition coefficient (Wildman–Crippen LogP) is 5.04. The van der Waals surface area contributed by atoms with Crippen LogP contribution in [-0.2, 0) is 32.1 Å². The van der Waals surface area contributed by atoms with Gasteiger partial charge in [-0.1, -0.05) is 66.2 Å². The zero-order chi connectivity index (χ0) is 30.2. The number of rotatable bonds is 12. The first kappa shape index (κ1) is 30.7. The van der Waals surface area contributed by atoms with Gasteiger partial charge in [0, 0.05) is 60.8 Å². The average Bonchev–Trinajstić information content (AvgIpc) is 2.99. The number of nitrogens with two attached hydrogens (primary N) is 1. The van der Waals surface area contributed by atoms with E-state index in [1.54, 1.807) is 42.5 Å². The van der Waals surface area contributed by atoms with Gasteiger partial charge in [0.2, 0.25) is 17.7 Å². The zero-order valence-electron chi connectivity index (χ0n) is 23.5. The number of hydrogen-bond donors (Lipinski definition) is 2. The van der Waals surface area contributed by atoms with Crippen LogP contribution in [0.5, 0.6) is 0 Å². The Morgan fingerprint density at radius 3 is 2.31 bits per heavy atom. The fourth-order valence-corrected chi connectivity index (χ4v) is 5.31. The number of nitrogens with zero attached hydrogens (tertiary/aromatic N) is 1. The molecule has 1 aliphatic heterocycles. The molecule has 0 saturated carbocycles. The Bertz CT molecular complexity index is 1490. The van der Waals surface area contributed by atoms with Crippen LogP contribution in [0.25, 0.3) is 0 Å². The van der Waals surface area contributed by atoms with Crippen LogP contribution in [0.15, 0.2) is 72.8 Å². The normalized spacial score (nSPS) is 14.9. The summed E-state index contributed by atoms with van der Waals surface area (Å²) in [5.41, 5.74) is 9.08. The molecular weight excluding hydrogens is 554 g/mol. The highest BCUT2D eigenvalue weighted by Gasteiger charge is 2.36. The minimum absolute atomic E-state index is 0.0199. The molecular formula is C33H34ClN3O5. The molecule has 3 N–H and O–H groups in total. The summed E-state index contributed by atoms with van der Waals surface area (Å²) in [6, 6.07) is 20.6. The molecule has 0 spiro atoms. The molecule has 218 valence electrons. The van der Waals surface area contributed by atoms with Crippen LogP contribution in [0.3, 0.4) is 0 Å². The lowest BCUT2D eigenvalue weighted by molar-refractivity contribution is -0.141. The van der Waals surface area contributed by atoms with Gasteiger partial charge in [-0.25, -0.2) is 0 Å². The highest BCUT2D eigenvalue weighted by molar-refractivity contribution is 6.31. The molecule has 0 aromatic heterocycles. The SMILES string of the molecule is Cc1cc(NC(=O)[C@H](CCC(N)=O)CC(=O)[C@@H]2Cc3ccccc3CN2C(=O)CCC(=O)c2ccccc2)ccc1Cl. The van der Waals surface area contributed by atoms with Crippen molar-refractivity contribution in [2.24, 2.45) is 11.7 Å². The number of fused-ring (bicyclic) bond motifs is 1. The van der Waals surface area contributed by atoms with Gasteiger partial charge in [0.05, 0.1) is 6.04 Å². The van der Waals surface area contributed by atoms with Gasteiger partial charge < -0.3 is 16.0 Å². The Labute approximate surface area is 250 Å². The van der Waals surface area contributed by atoms with Crippen molar-refractivity contribution < 1.29 is 24.0 Å². The maximum absolute atomic E-state index is 13.8. The number of nitrogens with one attached hydrogen (secondary N) is 1. The lowest BCUT2D eigenvalue weighted by Crippen LogP contribution is -2.49. The summed E-state index contributed by atoms with van der Waals surface area (Å²) >= 11 is 6.11. The molecule has 0 bridgehead atoms. The monoisotopic (exact) mass is 587 g/mol. The van der Waals surface area contributed by atoms with Crippen LogP contribution in [0.2, 0.25) is 5.02 Å². The van der Waals surface area contributed by atoms with E-state index in [4.69, 9.17) is 17.3 Å². The largest absolute Gasteiger partial charge is 0.370 e. The molecule has 8 nitrogen and oxygen atoms in total. The Hall–Kier alpha value is -4.30. The molecule has 1 aliphatic rings. The molecule has 42 heavy (non-hydrogen) atoms. The average molecular weight is 588 g/mol. The third-order valence-electron chi connectivity index (χ3n) is 7.59. The highest BCUT2D eigenvalue weighted by atomic mass is 35.5. The quantitative estimate of drug-likeness (QED) is 0.287. The predicted molar refractivity (Wildman–Crippen MR) is 161 cm³/mol. The number of carbonyl (C=O) groups excluding carboxylic acids is 5. The third kappa shape index (κ3) is 7.91. The van der Waals surface area contributed by atoms with Crippen molar-refractivity contribution in [2.75, 3.05) is 5.32 Å². The van der Waals surface area contributed by atoms with E-state index < -0.39 is 23.8 Å². The van der Waals surface area contributed by atoms with E-state index in [2.05, 4.69) is 5.32 Å². The molecule has 4 rings (SSSR count). The van der Waals surface area contributed by atoms with Gasteiger partial charge in [0.1, 0.15) is 0 Å². The van der Waals surface area contributed by atoms with Gasteiger partial charge >= 0.3 is 0 Å². The molecule has 0 fully saturated rings. The molecule has 3 amide bonds. The van der Waals surface area contributed by atoms with Crippen molar-refractivity contribution in [3.63, 3.8) is 0 Å². The van der Waals surface area contributed by atoms with Gasteiger partial charge in [-0.15, -0.1) is 0 Å². The van der Waals surface area contributed by atoms with Crippen molar-refractivity contribution in [3.8, 4) is 0 Å². The topological polar surface area (TPSA) is 127 Å². The van der Waals surface area contributed by atoms with Crippen molar-refractivity contribution in [2.45, 2.75) is 58.0 Å². The van der Waals surface area contributed by atoms with E-state index in [9.17, 15) is 24.0 Å². The lowest BCUT2D eigenvalue weighted by Gasteiger charge is -2.36. The van der Waals surface area contributed by atoms with Gasteiger partial charge in [-0.3, -0.25) is 24.0 Å². The second-order valence-corrected chi connectivity index (χ2v) is 11.0. The van der Waals surface area contributed by atoms with E-state index in [1.807, 2.05) is 37.3 Å². The van der Waals surface area contributed by atoms with E-state index in [-0.39, 0.29) is 56.1 Å². The number of Topliss-reactive ketones (excluding diaryl/α,β-unsaturated/α-hetero) is 2. The zero-order valence-corrected chi connectivity index (χ0v) is 24.2. The number of carbonyl (C=O) groups is 5. The fraction of sp³-hybridized carbons (Fsp3) is 0.303. The first-order valence-electron chi connectivity index (χ1n) is 13.9. The van der Waals surface area contributed by atoms with Crippen LogP contribution in [0, 0.1) is 12.8 Å². The second kappa shape index (κ2) is 14.0. The maximum Gasteiger partial charge on any atom is 0.227 e. The first-order valence-corrected chi connectivity index (χ1v) is 14.3. The number of anilines is 1. The summed E-state index contributed by atoms with van der Waals surface area (Å²) in [5.74, 6) is -2.58. The summed E-state index contributed by atoms with van der Waals surface area (Å²) in [4.78, 5) is 66.3. The molecule has 2 atom stereocenters. The van der Waals surface area contributed by atoms with E-state index in [1.165, 1.54) is 4.90 Å². The number of primary amides is 1. The number of halogens is 1. The summed E-state index contributed by atoms with van der Waals surface area (Å²) in [6.07, 6.45) is 0.122. The van der Waals surface area contributed by atoms with Gasteiger partial charge in [0.15, 0.2) is 11.6 Å². The van der Waals surface area contributed by atoms with Gasteiger partial charge in [-0.05, 0) is 48.2 Å². The van der Waals surface area contributed by atoms with Crippen molar-refractivity contribution in [1.82, 2.24) is 4.90 Å². The van der Waals surface area contributed by atoms with E-state index >= 15 is 0 Å². The Morgan fingerprint density at radius 1 is 0.929 bits per heavy atom. The van der Waals surface area contributed by atoms with Crippen LogP contribution in [0.4, 0.5) is 5.69 Å². The summed E-state index contributed by atoms with van der Waals surface area (Å²) in [5, 5.41) is 3.38.